The average Bonchev–Trinajstić information content (AvgIpc) is 2.64. The van der Waals surface area contributed by atoms with Crippen LogP contribution in [0.25, 0.3) is 0 Å². The number of halogens is 3. The van der Waals surface area contributed by atoms with E-state index in [4.69, 9.17) is 4.74 Å². The fraction of sp³-hybridized carbons (Fsp3) is 0.474. The van der Waals surface area contributed by atoms with Crippen LogP contribution in [0, 0.1) is 0 Å². The van der Waals surface area contributed by atoms with Crippen LogP contribution in [0.3, 0.4) is 0 Å². The lowest BCUT2D eigenvalue weighted by Crippen LogP contribution is -2.39. The maximum Gasteiger partial charge on any atom is 0.433 e. The SMILES string of the molecule is FC(F)(F)c1ccnc(OC2CCN(CCCc3ccccc3)CC2)n1. The van der Waals surface area contributed by atoms with E-state index in [1.54, 1.807) is 0 Å². The lowest BCUT2D eigenvalue weighted by Gasteiger charge is -2.31. The molecule has 2 heterocycles. The summed E-state index contributed by atoms with van der Waals surface area (Å²) in [4.78, 5) is 9.64. The van der Waals surface area contributed by atoms with Crippen LogP contribution >= 0.6 is 0 Å². The molecule has 0 saturated carbocycles. The first-order valence-corrected chi connectivity index (χ1v) is 8.84. The van der Waals surface area contributed by atoms with Gasteiger partial charge in [0.1, 0.15) is 6.10 Å². The summed E-state index contributed by atoms with van der Waals surface area (Å²) in [6.45, 7) is 2.76. The normalized spacial score (nSPS) is 16.6. The van der Waals surface area contributed by atoms with Crippen molar-refractivity contribution >= 4 is 0 Å². The molecule has 0 N–H and O–H groups in total. The van der Waals surface area contributed by atoms with Crippen molar-refractivity contribution in [3.05, 3.63) is 53.9 Å². The molecule has 0 bridgehead atoms. The monoisotopic (exact) mass is 365 g/mol. The first-order chi connectivity index (χ1) is 12.5. The number of nitrogens with zero attached hydrogens (tertiary/aromatic N) is 3. The zero-order valence-corrected chi connectivity index (χ0v) is 14.5. The molecule has 26 heavy (non-hydrogen) atoms. The summed E-state index contributed by atoms with van der Waals surface area (Å²) in [5.74, 6) is 0. The van der Waals surface area contributed by atoms with Crippen molar-refractivity contribution in [2.45, 2.75) is 38.0 Å². The van der Waals surface area contributed by atoms with E-state index in [1.807, 2.05) is 18.2 Å². The number of hydrogen-bond acceptors (Lipinski definition) is 4. The summed E-state index contributed by atoms with van der Waals surface area (Å²) < 4.78 is 43.6. The third kappa shape index (κ3) is 5.42. The lowest BCUT2D eigenvalue weighted by molar-refractivity contribution is -0.141. The number of hydrogen-bond donors (Lipinski definition) is 0. The van der Waals surface area contributed by atoms with Gasteiger partial charge < -0.3 is 9.64 Å². The molecule has 1 aromatic heterocycles. The number of alkyl halides is 3. The van der Waals surface area contributed by atoms with Gasteiger partial charge in [-0.2, -0.15) is 18.2 Å². The Morgan fingerprint density at radius 2 is 1.81 bits per heavy atom. The number of benzene rings is 1. The van der Waals surface area contributed by atoms with Crippen molar-refractivity contribution < 1.29 is 17.9 Å². The van der Waals surface area contributed by atoms with Gasteiger partial charge in [0.15, 0.2) is 5.69 Å². The molecule has 0 radical (unpaired) electrons. The predicted molar refractivity (Wildman–Crippen MR) is 91.9 cm³/mol. The standard InChI is InChI=1S/C19H22F3N3O/c20-19(21,22)17-8-11-23-18(24-17)26-16-9-13-25(14-10-16)12-4-7-15-5-2-1-3-6-15/h1-3,5-6,8,11,16H,4,7,9-10,12-14H2. The molecule has 1 aliphatic rings. The highest BCUT2D eigenvalue weighted by molar-refractivity contribution is 5.14. The maximum atomic E-state index is 12.7. The fourth-order valence-electron chi connectivity index (χ4n) is 3.11. The number of aromatic nitrogens is 2. The van der Waals surface area contributed by atoms with Crippen LogP contribution in [-0.2, 0) is 12.6 Å². The van der Waals surface area contributed by atoms with Gasteiger partial charge in [-0.05, 0) is 43.9 Å². The summed E-state index contributed by atoms with van der Waals surface area (Å²) in [7, 11) is 0. The largest absolute Gasteiger partial charge is 0.460 e. The van der Waals surface area contributed by atoms with Gasteiger partial charge in [0.25, 0.3) is 0 Å². The summed E-state index contributed by atoms with van der Waals surface area (Å²) in [5.41, 5.74) is 0.369. The predicted octanol–water partition coefficient (Wildman–Crippen LogP) is 3.97. The summed E-state index contributed by atoms with van der Waals surface area (Å²) in [6.07, 6.45) is 0.147. The Morgan fingerprint density at radius 3 is 2.50 bits per heavy atom. The molecule has 1 aromatic carbocycles. The first kappa shape index (κ1) is 18.6. The maximum absolute atomic E-state index is 12.7. The van der Waals surface area contributed by atoms with Crippen LogP contribution in [0.15, 0.2) is 42.6 Å². The van der Waals surface area contributed by atoms with Gasteiger partial charge in [-0.1, -0.05) is 30.3 Å². The van der Waals surface area contributed by atoms with Crippen LogP contribution in [-0.4, -0.2) is 40.6 Å². The Balaban J connectivity index is 1.41. The molecule has 7 heteroatoms. The number of aryl methyl sites for hydroxylation is 1. The second-order valence-corrected chi connectivity index (χ2v) is 6.47. The molecule has 1 saturated heterocycles. The van der Waals surface area contributed by atoms with E-state index in [2.05, 4.69) is 27.0 Å². The number of ether oxygens (including phenoxy) is 1. The van der Waals surface area contributed by atoms with Crippen molar-refractivity contribution in [1.82, 2.24) is 14.9 Å². The third-order valence-corrected chi connectivity index (χ3v) is 4.51. The van der Waals surface area contributed by atoms with E-state index in [-0.39, 0.29) is 12.1 Å². The van der Waals surface area contributed by atoms with Crippen LogP contribution in [0.1, 0.15) is 30.5 Å². The lowest BCUT2D eigenvalue weighted by atomic mass is 10.1. The number of rotatable bonds is 6. The molecule has 4 nitrogen and oxygen atoms in total. The molecular formula is C19H22F3N3O. The minimum atomic E-state index is -4.48. The van der Waals surface area contributed by atoms with Crippen LogP contribution < -0.4 is 4.74 Å². The Morgan fingerprint density at radius 1 is 1.08 bits per heavy atom. The molecule has 0 aliphatic carbocycles. The Kier molecular flexibility index (Phi) is 6.08. The second kappa shape index (κ2) is 8.49. The van der Waals surface area contributed by atoms with Crippen molar-refractivity contribution in [2.24, 2.45) is 0 Å². The van der Waals surface area contributed by atoms with Gasteiger partial charge in [-0.3, -0.25) is 0 Å². The van der Waals surface area contributed by atoms with Crippen molar-refractivity contribution in [3.63, 3.8) is 0 Å². The molecule has 140 valence electrons. The van der Waals surface area contributed by atoms with Crippen LogP contribution in [0.2, 0.25) is 0 Å². The van der Waals surface area contributed by atoms with Gasteiger partial charge in [0, 0.05) is 19.3 Å². The summed E-state index contributed by atoms with van der Waals surface area (Å²) in [6, 6.07) is 11.0. The van der Waals surface area contributed by atoms with E-state index in [1.165, 1.54) is 5.56 Å². The highest BCUT2D eigenvalue weighted by Crippen LogP contribution is 2.28. The highest BCUT2D eigenvalue weighted by atomic mass is 19.4. The minimum absolute atomic E-state index is 0.135. The fourth-order valence-corrected chi connectivity index (χ4v) is 3.11. The number of piperidine rings is 1. The van der Waals surface area contributed by atoms with E-state index in [9.17, 15) is 13.2 Å². The van der Waals surface area contributed by atoms with Gasteiger partial charge in [0.2, 0.25) is 0 Å². The first-order valence-electron chi connectivity index (χ1n) is 8.84. The molecule has 1 aliphatic heterocycles. The topological polar surface area (TPSA) is 38.2 Å². The smallest absolute Gasteiger partial charge is 0.433 e. The third-order valence-electron chi connectivity index (χ3n) is 4.51. The molecule has 3 rings (SSSR count). The number of likely N-dealkylation sites (tertiary alicyclic amines) is 1. The van der Waals surface area contributed by atoms with Crippen molar-refractivity contribution in [2.75, 3.05) is 19.6 Å². The highest BCUT2D eigenvalue weighted by Gasteiger charge is 2.33. The van der Waals surface area contributed by atoms with Crippen molar-refractivity contribution in [1.29, 1.82) is 0 Å². The molecule has 0 spiro atoms. The molecule has 0 atom stereocenters. The van der Waals surface area contributed by atoms with Crippen molar-refractivity contribution in [3.8, 4) is 6.01 Å². The van der Waals surface area contributed by atoms with E-state index in [0.717, 1.165) is 57.6 Å². The summed E-state index contributed by atoms with van der Waals surface area (Å²) in [5, 5.41) is 0. The van der Waals surface area contributed by atoms with E-state index >= 15 is 0 Å². The van der Waals surface area contributed by atoms with E-state index in [0.29, 0.717) is 0 Å². The zero-order valence-electron chi connectivity index (χ0n) is 14.5. The van der Waals surface area contributed by atoms with Gasteiger partial charge in [0.05, 0.1) is 0 Å². The average molecular weight is 365 g/mol. The summed E-state index contributed by atoms with van der Waals surface area (Å²) >= 11 is 0. The van der Waals surface area contributed by atoms with E-state index < -0.39 is 11.9 Å². The molecule has 0 unspecified atom stereocenters. The quantitative estimate of drug-likeness (QED) is 0.776. The minimum Gasteiger partial charge on any atom is -0.460 e. The zero-order chi connectivity index (χ0) is 18.4. The Bertz CT molecular complexity index is 686. The van der Waals surface area contributed by atoms with Gasteiger partial charge in [-0.25, -0.2) is 4.98 Å². The second-order valence-electron chi connectivity index (χ2n) is 6.47. The Hall–Kier alpha value is -2.15. The molecular weight excluding hydrogens is 343 g/mol. The van der Waals surface area contributed by atoms with Gasteiger partial charge >= 0.3 is 12.2 Å². The molecule has 0 amide bonds. The van der Waals surface area contributed by atoms with Crippen LogP contribution in [0.4, 0.5) is 13.2 Å². The van der Waals surface area contributed by atoms with Gasteiger partial charge in [-0.15, -0.1) is 0 Å². The Labute approximate surface area is 151 Å². The van der Waals surface area contributed by atoms with Crippen LogP contribution in [0.5, 0.6) is 6.01 Å². The molecule has 2 aromatic rings. The molecule has 1 fully saturated rings.